The Labute approximate surface area is 212 Å². The van der Waals surface area contributed by atoms with Crippen molar-refractivity contribution in [2.75, 3.05) is 50.8 Å². The second kappa shape index (κ2) is 10.6. The summed E-state index contributed by atoms with van der Waals surface area (Å²) < 4.78 is 20.9. The number of aromatic nitrogens is 2. The summed E-state index contributed by atoms with van der Waals surface area (Å²) in [5.41, 5.74) is 1.48. The largest absolute Gasteiger partial charge is 0.381 e. The van der Waals surface area contributed by atoms with E-state index >= 15 is 0 Å². The minimum atomic E-state index is -1.01. The first-order valence-corrected chi connectivity index (χ1v) is 13.7. The molecule has 0 radical (unpaired) electrons. The van der Waals surface area contributed by atoms with Crippen molar-refractivity contribution in [1.82, 2.24) is 20.2 Å². The fraction of sp³-hybridized carbons (Fsp3) is 0.625. The summed E-state index contributed by atoms with van der Waals surface area (Å²) in [4.78, 5) is 27.6. The number of amides is 1. The molecule has 34 heavy (non-hydrogen) atoms. The van der Waals surface area contributed by atoms with Crippen molar-refractivity contribution in [2.24, 2.45) is 0 Å². The second-order valence-electron chi connectivity index (χ2n) is 9.40. The topological polar surface area (TPSA) is 70.6 Å². The molecule has 2 aliphatic heterocycles. The van der Waals surface area contributed by atoms with E-state index in [1.807, 2.05) is 17.9 Å². The Morgan fingerprint density at radius 2 is 2.03 bits per heavy atom. The quantitative estimate of drug-likeness (QED) is 0.584. The van der Waals surface area contributed by atoms with Gasteiger partial charge in [0.1, 0.15) is 18.3 Å². The summed E-state index contributed by atoms with van der Waals surface area (Å²) in [6.45, 7) is 6.86. The fourth-order valence-electron chi connectivity index (χ4n) is 5.28. The molecule has 1 unspecified atom stereocenters. The van der Waals surface area contributed by atoms with Crippen LogP contribution in [0.4, 0.5) is 10.2 Å². The van der Waals surface area contributed by atoms with E-state index in [1.165, 1.54) is 6.33 Å². The molecule has 3 atom stereocenters. The highest BCUT2D eigenvalue weighted by atomic mass is 79.9. The van der Waals surface area contributed by atoms with Crippen LogP contribution in [0.15, 0.2) is 22.2 Å². The third-order valence-electron chi connectivity index (χ3n) is 7.20. The van der Waals surface area contributed by atoms with E-state index in [0.29, 0.717) is 50.9 Å². The highest BCUT2D eigenvalue weighted by Gasteiger charge is 2.36. The van der Waals surface area contributed by atoms with Gasteiger partial charge in [0, 0.05) is 62.4 Å². The molecular formula is C24H31BrFN5O2S. The van der Waals surface area contributed by atoms with Gasteiger partial charge in [-0.05, 0) is 53.2 Å². The summed E-state index contributed by atoms with van der Waals surface area (Å²) >= 11 is 5.18. The van der Waals surface area contributed by atoms with Gasteiger partial charge in [-0.2, -0.15) is 0 Å². The van der Waals surface area contributed by atoms with Gasteiger partial charge in [-0.25, -0.2) is 14.4 Å². The first-order valence-electron chi connectivity index (χ1n) is 12.1. The Bertz CT molecular complexity index is 1010. The number of nitrogens with zero attached hydrogens (tertiary/aromatic N) is 4. The number of piperazine rings is 1. The van der Waals surface area contributed by atoms with Gasteiger partial charge in [-0.1, -0.05) is 6.92 Å². The van der Waals surface area contributed by atoms with Crippen LogP contribution in [-0.2, 0) is 9.53 Å². The van der Waals surface area contributed by atoms with Gasteiger partial charge in [-0.3, -0.25) is 4.79 Å². The number of anilines is 1. The van der Waals surface area contributed by atoms with E-state index in [4.69, 9.17) is 4.74 Å². The van der Waals surface area contributed by atoms with Crippen molar-refractivity contribution < 1.29 is 13.9 Å². The van der Waals surface area contributed by atoms with Crippen LogP contribution in [0.2, 0.25) is 0 Å². The molecule has 1 amide bonds. The molecule has 7 nitrogen and oxygen atoms in total. The SMILES string of the molecule is C[C@@H]1C[C@@H](F)c2ncnc(N3CCN(C(=O)C(CNC4CCOCC4)c4ccc(Br)s4)CC3)c21. The molecule has 10 heteroatoms. The van der Waals surface area contributed by atoms with E-state index in [1.54, 1.807) is 11.3 Å². The molecule has 2 saturated heterocycles. The lowest BCUT2D eigenvalue weighted by Crippen LogP contribution is -2.51. The third-order valence-corrected chi connectivity index (χ3v) is 8.94. The van der Waals surface area contributed by atoms with Crippen molar-refractivity contribution in [1.29, 1.82) is 0 Å². The predicted octanol–water partition coefficient (Wildman–Crippen LogP) is 4.02. The highest BCUT2D eigenvalue weighted by Crippen LogP contribution is 2.44. The Balaban J connectivity index is 1.26. The Morgan fingerprint density at radius 3 is 2.74 bits per heavy atom. The number of halogens is 2. The number of carbonyl (C=O) groups excluding carboxylic acids is 1. The lowest BCUT2D eigenvalue weighted by atomic mass is 10.0. The maximum absolute atomic E-state index is 14.4. The number of ether oxygens (including phenoxy) is 1. The molecule has 0 aromatic carbocycles. The van der Waals surface area contributed by atoms with Crippen LogP contribution in [-0.4, -0.2) is 72.8 Å². The van der Waals surface area contributed by atoms with Gasteiger partial charge in [0.05, 0.1) is 15.4 Å². The molecule has 1 N–H and O–H groups in total. The van der Waals surface area contributed by atoms with Gasteiger partial charge < -0.3 is 19.9 Å². The van der Waals surface area contributed by atoms with Crippen LogP contribution in [0.1, 0.15) is 60.3 Å². The minimum absolute atomic E-state index is 0.110. The zero-order valence-corrected chi connectivity index (χ0v) is 21.8. The van der Waals surface area contributed by atoms with E-state index in [0.717, 1.165) is 46.1 Å². The maximum atomic E-state index is 14.4. The monoisotopic (exact) mass is 551 g/mol. The lowest BCUT2D eigenvalue weighted by molar-refractivity contribution is -0.133. The Kier molecular flexibility index (Phi) is 7.48. The van der Waals surface area contributed by atoms with Crippen LogP contribution < -0.4 is 10.2 Å². The third kappa shape index (κ3) is 5.01. The van der Waals surface area contributed by atoms with Gasteiger partial charge in [0.15, 0.2) is 0 Å². The summed E-state index contributed by atoms with van der Waals surface area (Å²) in [5.74, 6) is 0.906. The van der Waals surface area contributed by atoms with Gasteiger partial charge in [0.2, 0.25) is 5.91 Å². The minimum Gasteiger partial charge on any atom is -0.381 e. The number of fused-ring (bicyclic) bond motifs is 1. The van der Waals surface area contributed by atoms with Gasteiger partial charge in [0.25, 0.3) is 0 Å². The highest BCUT2D eigenvalue weighted by molar-refractivity contribution is 9.11. The number of nitrogens with one attached hydrogen (secondary N) is 1. The second-order valence-corrected chi connectivity index (χ2v) is 11.9. The number of rotatable bonds is 6. The summed E-state index contributed by atoms with van der Waals surface area (Å²) in [5, 5.41) is 3.62. The number of hydrogen-bond donors (Lipinski definition) is 1. The average Bonchev–Trinajstić information content (AvgIpc) is 3.42. The van der Waals surface area contributed by atoms with Crippen molar-refractivity contribution in [2.45, 2.75) is 50.2 Å². The number of alkyl halides is 1. The van der Waals surface area contributed by atoms with Crippen LogP contribution >= 0.6 is 27.3 Å². The maximum Gasteiger partial charge on any atom is 0.232 e. The molecule has 0 bridgehead atoms. The van der Waals surface area contributed by atoms with Gasteiger partial charge >= 0.3 is 0 Å². The average molecular weight is 553 g/mol. The molecule has 3 aliphatic rings. The van der Waals surface area contributed by atoms with E-state index < -0.39 is 6.17 Å². The van der Waals surface area contributed by atoms with Crippen molar-refractivity contribution in [3.8, 4) is 0 Å². The van der Waals surface area contributed by atoms with Gasteiger partial charge in [-0.15, -0.1) is 11.3 Å². The smallest absolute Gasteiger partial charge is 0.232 e. The molecule has 2 aromatic heterocycles. The molecule has 5 rings (SSSR count). The Morgan fingerprint density at radius 1 is 1.26 bits per heavy atom. The molecule has 2 aromatic rings. The molecule has 0 saturated carbocycles. The molecule has 1 aliphatic carbocycles. The first-order chi connectivity index (χ1) is 16.5. The predicted molar refractivity (Wildman–Crippen MR) is 134 cm³/mol. The zero-order chi connectivity index (χ0) is 23.7. The van der Waals surface area contributed by atoms with E-state index in [-0.39, 0.29) is 17.7 Å². The Hall–Kier alpha value is -1.62. The van der Waals surface area contributed by atoms with Crippen molar-refractivity contribution >= 4 is 39.0 Å². The molecule has 2 fully saturated rings. The first kappa shape index (κ1) is 24.1. The van der Waals surface area contributed by atoms with Crippen LogP contribution in [0.3, 0.4) is 0 Å². The number of carbonyl (C=O) groups is 1. The zero-order valence-electron chi connectivity index (χ0n) is 19.4. The summed E-state index contributed by atoms with van der Waals surface area (Å²) in [6.07, 6.45) is 2.90. The standard InChI is InChI=1S/C24H31BrFN5O2S/c1-15-12-18(26)22-21(15)23(29-14-28-22)30-6-8-31(9-7-30)24(32)17(19-2-3-20(25)34-19)13-27-16-4-10-33-11-5-16/h2-3,14-18,27H,4-13H2,1H3/t15-,17?,18-/m1/s1. The summed E-state index contributed by atoms with van der Waals surface area (Å²) in [7, 11) is 0. The van der Waals surface area contributed by atoms with Crippen molar-refractivity contribution in [3.63, 3.8) is 0 Å². The number of hydrogen-bond acceptors (Lipinski definition) is 7. The normalized spacial score (nSPS) is 24.3. The lowest BCUT2D eigenvalue weighted by Gasteiger charge is -2.38. The molecule has 4 heterocycles. The van der Waals surface area contributed by atoms with Crippen LogP contribution in [0.25, 0.3) is 0 Å². The molecular weight excluding hydrogens is 521 g/mol. The van der Waals surface area contributed by atoms with Crippen molar-refractivity contribution in [3.05, 3.63) is 38.4 Å². The van der Waals surface area contributed by atoms with E-state index in [2.05, 4.69) is 42.2 Å². The van der Waals surface area contributed by atoms with Crippen LogP contribution in [0.5, 0.6) is 0 Å². The fourth-order valence-corrected chi connectivity index (χ4v) is 6.80. The molecule has 184 valence electrons. The number of thiophene rings is 1. The van der Waals surface area contributed by atoms with E-state index in [9.17, 15) is 9.18 Å². The summed E-state index contributed by atoms with van der Waals surface area (Å²) in [6, 6.07) is 4.46. The van der Waals surface area contributed by atoms with Crippen LogP contribution in [0, 0.1) is 0 Å². The molecule has 0 spiro atoms.